The number of para-hydroxylation sites is 1. The van der Waals surface area contributed by atoms with Crippen LogP contribution in [0.5, 0.6) is 0 Å². The molecule has 0 fully saturated rings. The summed E-state index contributed by atoms with van der Waals surface area (Å²) in [6.07, 6.45) is 4.22. The molecule has 2 unspecified atom stereocenters. The molecule has 0 spiro atoms. The summed E-state index contributed by atoms with van der Waals surface area (Å²) in [6, 6.07) is 17.3. The summed E-state index contributed by atoms with van der Waals surface area (Å²) in [5.41, 5.74) is 6.03. The van der Waals surface area contributed by atoms with E-state index in [1.807, 2.05) is 12.1 Å². The number of esters is 1. The van der Waals surface area contributed by atoms with Crippen molar-refractivity contribution < 1.29 is 9.53 Å². The van der Waals surface area contributed by atoms with E-state index in [1.165, 1.54) is 40.9 Å². The number of fused-ring (bicyclic) bond motifs is 3. The Morgan fingerprint density at radius 3 is 2.69 bits per heavy atom. The number of H-pyrrole nitrogens is 1. The first-order valence-electron chi connectivity index (χ1n) is 8.87. The molecule has 2 N–H and O–H groups in total. The number of hydrogen-bond acceptors (Lipinski definition) is 3. The van der Waals surface area contributed by atoms with Crippen LogP contribution in [0.3, 0.4) is 0 Å². The molecule has 26 heavy (non-hydrogen) atoms. The predicted molar refractivity (Wildman–Crippen MR) is 104 cm³/mol. The van der Waals surface area contributed by atoms with Crippen LogP contribution in [0.4, 0.5) is 0 Å². The third-order valence-corrected chi connectivity index (χ3v) is 4.98. The van der Waals surface area contributed by atoms with E-state index < -0.39 is 0 Å². The average Bonchev–Trinajstić information content (AvgIpc) is 3.04. The van der Waals surface area contributed by atoms with Gasteiger partial charge in [0.25, 0.3) is 0 Å². The molecule has 0 aliphatic carbocycles. The molecule has 0 amide bonds. The maximum atomic E-state index is 11.2. The second kappa shape index (κ2) is 6.81. The van der Waals surface area contributed by atoms with Crippen LogP contribution in [-0.2, 0) is 16.0 Å². The van der Waals surface area contributed by atoms with Gasteiger partial charge in [-0.2, -0.15) is 0 Å². The zero-order valence-corrected chi connectivity index (χ0v) is 15.0. The monoisotopic (exact) mass is 346 g/mol. The van der Waals surface area contributed by atoms with E-state index in [9.17, 15) is 4.79 Å². The van der Waals surface area contributed by atoms with Crippen molar-refractivity contribution in [3.63, 3.8) is 0 Å². The number of carbonyl (C=O) groups is 1. The Labute approximate surface area is 152 Å². The van der Waals surface area contributed by atoms with Crippen molar-refractivity contribution in [3.8, 4) is 0 Å². The highest BCUT2D eigenvalue weighted by Crippen LogP contribution is 2.35. The standard InChI is InChI=1S/C22H22N2O2/c1-14-13-18-17-5-3-4-6-19(17)24-22(18)21(23-14)16-10-7-15(8-11-16)9-12-20(25)26-2/h3-12,14,21,23-24H,13H2,1-2H3. The molecule has 0 bridgehead atoms. The number of ether oxygens (including phenoxy) is 1. The largest absolute Gasteiger partial charge is 0.466 e. The molecule has 4 heteroatoms. The van der Waals surface area contributed by atoms with Crippen LogP contribution in [0, 0.1) is 0 Å². The fourth-order valence-corrected chi connectivity index (χ4v) is 3.71. The summed E-state index contributed by atoms with van der Waals surface area (Å²) in [7, 11) is 1.38. The van der Waals surface area contributed by atoms with Gasteiger partial charge in [-0.1, -0.05) is 42.5 Å². The highest BCUT2D eigenvalue weighted by molar-refractivity contribution is 5.87. The summed E-state index contributed by atoms with van der Waals surface area (Å²) in [5.74, 6) is -0.348. The van der Waals surface area contributed by atoms with E-state index in [4.69, 9.17) is 0 Å². The Hall–Kier alpha value is -2.85. The van der Waals surface area contributed by atoms with Gasteiger partial charge in [-0.15, -0.1) is 0 Å². The van der Waals surface area contributed by atoms with Gasteiger partial charge in [-0.05, 0) is 42.2 Å². The van der Waals surface area contributed by atoms with Gasteiger partial charge in [-0.25, -0.2) is 4.79 Å². The van der Waals surface area contributed by atoms with Crippen LogP contribution >= 0.6 is 0 Å². The lowest BCUT2D eigenvalue weighted by atomic mass is 9.90. The molecule has 0 radical (unpaired) electrons. The SMILES string of the molecule is COC(=O)C=Cc1ccc(C2NC(C)Cc3c2[nH]c2ccccc32)cc1. The molecule has 2 aromatic carbocycles. The topological polar surface area (TPSA) is 54.1 Å². The van der Waals surface area contributed by atoms with Crippen LogP contribution < -0.4 is 5.32 Å². The molecule has 1 aromatic heterocycles. The maximum absolute atomic E-state index is 11.2. The molecule has 4 nitrogen and oxygen atoms in total. The average molecular weight is 346 g/mol. The van der Waals surface area contributed by atoms with Crippen molar-refractivity contribution in [1.82, 2.24) is 10.3 Å². The second-order valence-corrected chi connectivity index (χ2v) is 6.79. The van der Waals surface area contributed by atoms with Crippen molar-refractivity contribution >= 4 is 22.9 Å². The first-order valence-corrected chi connectivity index (χ1v) is 8.87. The molecule has 1 aliphatic rings. The minimum Gasteiger partial charge on any atom is -0.466 e. The van der Waals surface area contributed by atoms with Crippen LogP contribution in [0.2, 0.25) is 0 Å². The number of nitrogens with one attached hydrogen (secondary N) is 2. The van der Waals surface area contributed by atoms with Crippen LogP contribution in [0.15, 0.2) is 54.6 Å². The van der Waals surface area contributed by atoms with Gasteiger partial charge < -0.3 is 15.0 Å². The van der Waals surface area contributed by atoms with Crippen LogP contribution in [-0.4, -0.2) is 24.1 Å². The van der Waals surface area contributed by atoms with Gasteiger partial charge in [0.15, 0.2) is 0 Å². The molecule has 1 aliphatic heterocycles. The third kappa shape index (κ3) is 3.04. The maximum Gasteiger partial charge on any atom is 0.330 e. The Morgan fingerprint density at radius 1 is 1.15 bits per heavy atom. The zero-order chi connectivity index (χ0) is 18.1. The van der Waals surface area contributed by atoms with E-state index in [1.54, 1.807) is 6.08 Å². The van der Waals surface area contributed by atoms with Gasteiger partial charge in [0.05, 0.1) is 13.2 Å². The second-order valence-electron chi connectivity index (χ2n) is 6.79. The molecule has 4 rings (SSSR count). The summed E-state index contributed by atoms with van der Waals surface area (Å²) in [5, 5.41) is 5.02. The van der Waals surface area contributed by atoms with E-state index >= 15 is 0 Å². The summed E-state index contributed by atoms with van der Waals surface area (Å²) in [6.45, 7) is 2.23. The fraction of sp³-hybridized carbons (Fsp3) is 0.227. The molecule has 0 saturated heterocycles. The normalized spacial score (nSPS) is 19.6. The van der Waals surface area contributed by atoms with Gasteiger partial charge in [0, 0.05) is 28.7 Å². The number of aromatic nitrogens is 1. The molecular weight excluding hydrogens is 324 g/mol. The fourth-order valence-electron chi connectivity index (χ4n) is 3.71. The number of aromatic amines is 1. The van der Waals surface area contributed by atoms with Crippen molar-refractivity contribution in [2.45, 2.75) is 25.4 Å². The lowest BCUT2D eigenvalue weighted by Gasteiger charge is -2.29. The number of methoxy groups -OCH3 is 1. The minimum atomic E-state index is -0.348. The molecule has 3 aromatic rings. The number of hydrogen-bond donors (Lipinski definition) is 2. The first-order chi connectivity index (χ1) is 12.7. The van der Waals surface area contributed by atoms with Gasteiger partial charge in [-0.3, -0.25) is 0 Å². The Morgan fingerprint density at radius 2 is 1.92 bits per heavy atom. The third-order valence-electron chi connectivity index (χ3n) is 4.98. The Bertz CT molecular complexity index is 969. The highest BCUT2D eigenvalue weighted by atomic mass is 16.5. The van der Waals surface area contributed by atoms with E-state index in [-0.39, 0.29) is 12.0 Å². The van der Waals surface area contributed by atoms with Gasteiger partial charge in [0.1, 0.15) is 0 Å². The highest BCUT2D eigenvalue weighted by Gasteiger charge is 2.28. The first kappa shape index (κ1) is 16.6. The van der Waals surface area contributed by atoms with Crippen molar-refractivity contribution in [2.24, 2.45) is 0 Å². The number of carbonyl (C=O) groups excluding carboxylic acids is 1. The molecule has 2 atom stereocenters. The lowest BCUT2D eigenvalue weighted by Crippen LogP contribution is -2.37. The van der Waals surface area contributed by atoms with Gasteiger partial charge in [0.2, 0.25) is 0 Å². The Balaban J connectivity index is 1.68. The van der Waals surface area contributed by atoms with Crippen molar-refractivity contribution in [3.05, 3.63) is 77.0 Å². The summed E-state index contributed by atoms with van der Waals surface area (Å²) in [4.78, 5) is 14.8. The number of rotatable bonds is 3. The van der Waals surface area contributed by atoms with Crippen molar-refractivity contribution in [2.75, 3.05) is 7.11 Å². The smallest absolute Gasteiger partial charge is 0.330 e. The quantitative estimate of drug-likeness (QED) is 0.557. The van der Waals surface area contributed by atoms with Gasteiger partial charge >= 0.3 is 5.97 Å². The molecular formula is C22H22N2O2. The predicted octanol–water partition coefficient (Wildman–Crippen LogP) is 3.98. The zero-order valence-electron chi connectivity index (χ0n) is 15.0. The van der Waals surface area contributed by atoms with E-state index in [0.717, 1.165) is 12.0 Å². The van der Waals surface area contributed by atoms with E-state index in [2.05, 4.69) is 58.4 Å². The minimum absolute atomic E-state index is 0.139. The van der Waals surface area contributed by atoms with Crippen molar-refractivity contribution in [1.29, 1.82) is 0 Å². The number of benzene rings is 2. The summed E-state index contributed by atoms with van der Waals surface area (Å²) < 4.78 is 4.63. The molecule has 132 valence electrons. The lowest BCUT2D eigenvalue weighted by molar-refractivity contribution is -0.134. The molecule has 2 heterocycles. The van der Waals surface area contributed by atoms with Crippen LogP contribution in [0.1, 0.15) is 35.3 Å². The summed E-state index contributed by atoms with van der Waals surface area (Å²) >= 11 is 0. The Kier molecular flexibility index (Phi) is 4.35. The van der Waals surface area contributed by atoms with Crippen LogP contribution in [0.25, 0.3) is 17.0 Å². The van der Waals surface area contributed by atoms with E-state index in [0.29, 0.717) is 6.04 Å². The molecule has 0 saturated carbocycles.